The van der Waals surface area contributed by atoms with Crippen molar-refractivity contribution >= 4 is 11.7 Å². The van der Waals surface area contributed by atoms with Gasteiger partial charge >= 0.3 is 0 Å². The summed E-state index contributed by atoms with van der Waals surface area (Å²) in [5.74, 6) is 2.25. The summed E-state index contributed by atoms with van der Waals surface area (Å²) >= 11 is 0. The molecule has 7 heteroatoms. The predicted octanol–water partition coefficient (Wildman–Crippen LogP) is 0.621. The Morgan fingerprint density at radius 2 is 2.09 bits per heavy atom. The quantitative estimate of drug-likeness (QED) is 0.815. The van der Waals surface area contributed by atoms with Crippen molar-refractivity contribution in [1.82, 2.24) is 14.9 Å². The lowest BCUT2D eigenvalue weighted by molar-refractivity contribution is -0.141. The molecule has 0 N–H and O–H groups in total. The van der Waals surface area contributed by atoms with E-state index in [1.165, 1.54) is 0 Å². The van der Waals surface area contributed by atoms with Crippen LogP contribution >= 0.6 is 0 Å². The molecular weight excluding hydrogens is 284 g/mol. The van der Waals surface area contributed by atoms with E-state index in [9.17, 15) is 4.79 Å². The van der Waals surface area contributed by atoms with Gasteiger partial charge < -0.3 is 19.3 Å². The average Bonchev–Trinajstić information content (AvgIpc) is 3.08. The largest absolute Gasteiger partial charge is 0.481 e. The zero-order chi connectivity index (χ0) is 15.5. The average molecular weight is 306 g/mol. The molecule has 2 saturated heterocycles. The predicted molar refractivity (Wildman–Crippen MR) is 81.1 cm³/mol. The van der Waals surface area contributed by atoms with Gasteiger partial charge in [0.25, 0.3) is 5.91 Å². The highest BCUT2D eigenvalue weighted by Gasteiger charge is 2.30. The van der Waals surface area contributed by atoms with Crippen LogP contribution in [0.1, 0.15) is 18.7 Å². The van der Waals surface area contributed by atoms with E-state index in [1.807, 2.05) is 17.9 Å². The summed E-state index contributed by atoms with van der Waals surface area (Å²) in [5, 5.41) is 0. The number of carbonyl (C=O) groups is 1. The summed E-state index contributed by atoms with van der Waals surface area (Å²) in [6, 6.07) is 1.84. The molecule has 1 amide bonds. The van der Waals surface area contributed by atoms with E-state index in [2.05, 4.69) is 14.9 Å². The topological polar surface area (TPSA) is 67.8 Å². The molecule has 3 heterocycles. The molecule has 2 fully saturated rings. The normalized spacial score (nSPS) is 22.0. The maximum atomic E-state index is 12.3. The Balaban J connectivity index is 1.61. The Hall–Kier alpha value is -1.89. The highest BCUT2D eigenvalue weighted by Crippen LogP contribution is 2.20. The lowest BCUT2D eigenvalue weighted by Gasteiger charge is -2.36. The summed E-state index contributed by atoms with van der Waals surface area (Å²) in [7, 11) is 1.60. The first kappa shape index (κ1) is 15.0. The van der Waals surface area contributed by atoms with Gasteiger partial charge in [-0.15, -0.1) is 0 Å². The molecule has 22 heavy (non-hydrogen) atoms. The van der Waals surface area contributed by atoms with E-state index in [4.69, 9.17) is 9.47 Å². The first-order valence-corrected chi connectivity index (χ1v) is 7.72. The molecule has 2 aliphatic heterocycles. The van der Waals surface area contributed by atoms with Crippen molar-refractivity contribution in [2.45, 2.75) is 25.9 Å². The van der Waals surface area contributed by atoms with Gasteiger partial charge in [-0.05, 0) is 19.8 Å². The summed E-state index contributed by atoms with van der Waals surface area (Å²) in [4.78, 5) is 25.1. The maximum Gasteiger partial charge on any atom is 0.251 e. The van der Waals surface area contributed by atoms with Gasteiger partial charge in [0.1, 0.15) is 17.7 Å². The first-order valence-electron chi connectivity index (χ1n) is 7.72. The third kappa shape index (κ3) is 3.14. The zero-order valence-electron chi connectivity index (χ0n) is 13.1. The van der Waals surface area contributed by atoms with Crippen molar-refractivity contribution in [1.29, 1.82) is 0 Å². The minimum absolute atomic E-state index is 0.133. The lowest BCUT2D eigenvalue weighted by Crippen LogP contribution is -2.51. The van der Waals surface area contributed by atoms with Crippen molar-refractivity contribution in [2.24, 2.45) is 0 Å². The van der Waals surface area contributed by atoms with E-state index in [0.717, 1.165) is 31.7 Å². The molecule has 0 bridgehead atoms. The Kier molecular flexibility index (Phi) is 4.42. The number of piperazine rings is 1. The van der Waals surface area contributed by atoms with Gasteiger partial charge in [0, 0.05) is 38.9 Å². The number of aromatic nitrogens is 2. The summed E-state index contributed by atoms with van der Waals surface area (Å²) in [5.41, 5.74) is 0. The number of carbonyl (C=O) groups excluding carboxylic acids is 1. The van der Waals surface area contributed by atoms with E-state index in [-0.39, 0.29) is 12.0 Å². The second-order valence-corrected chi connectivity index (χ2v) is 5.63. The Labute approximate surface area is 130 Å². The van der Waals surface area contributed by atoms with Crippen LogP contribution in [0.2, 0.25) is 0 Å². The van der Waals surface area contributed by atoms with E-state index < -0.39 is 0 Å². The summed E-state index contributed by atoms with van der Waals surface area (Å²) in [6.45, 7) is 5.48. The van der Waals surface area contributed by atoms with Crippen LogP contribution in [0.5, 0.6) is 5.88 Å². The molecule has 0 aromatic carbocycles. The minimum Gasteiger partial charge on any atom is -0.481 e. The number of nitrogens with zero attached hydrogens (tertiary/aromatic N) is 4. The third-order valence-electron chi connectivity index (χ3n) is 4.13. The second kappa shape index (κ2) is 6.48. The molecule has 2 aliphatic rings. The second-order valence-electron chi connectivity index (χ2n) is 5.63. The van der Waals surface area contributed by atoms with E-state index in [0.29, 0.717) is 31.4 Å². The van der Waals surface area contributed by atoms with Gasteiger partial charge in [-0.2, -0.15) is 4.98 Å². The lowest BCUT2D eigenvalue weighted by atomic mass is 10.2. The molecule has 120 valence electrons. The molecule has 1 aromatic heterocycles. The number of anilines is 1. The van der Waals surface area contributed by atoms with Gasteiger partial charge in [-0.3, -0.25) is 4.79 Å². The SMILES string of the molecule is COc1cc(N2CCN(C(=O)C3CCCO3)CC2)nc(C)n1. The van der Waals surface area contributed by atoms with Gasteiger partial charge in [0.2, 0.25) is 5.88 Å². The van der Waals surface area contributed by atoms with Gasteiger partial charge in [0.05, 0.1) is 7.11 Å². The first-order chi connectivity index (χ1) is 10.7. The highest BCUT2D eigenvalue weighted by atomic mass is 16.5. The van der Waals surface area contributed by atoms with Crippen molar-refractivity contribution in [2.75, 3.05) is 44.8 Å². The molecule has 1 unspecified atom stereocenters. The van der Waals surface area contributed by atoms with Crippen molar-refractivity contribution in [3.05, 3.63) is 11.9 Å². The van der Waals surface area contributed by atoms with Crippen molar-refractivity contribution in [3.8, 4) is 5.88 Å². The maximum absolute atomic E-state index is 12.3. The van der Waals surface area contributed by atoms with Crippen LogP contribution in [0.4, 0.5) is 5.82 Å². The van der Waals surface area contributed by atoms with Crippen LogP contribution in [0.3, 0.4) is 0 Å². The fourth-order valence-corrected chi connectivity index (χ4v) is 2.92. The number of hydrogen-bond acceptors (Lipinski definition) is 6. The number of amides is 1. The van der Waals surface area contributed by atoms with E-state index >= 15 is 0 Å². The third-order valence-corrected chi connectivity index (χ3v) is 4.13. The molecule has 0 spiro atoms. The van der Waals surface area contributed by atoms with Crippen LogP contribution in [-0.4, -0.2) is 66.8 Å². The van der Waals surface area contributed by atoms with Crippen molar-refractivity contribution in [3.63, 3.8) is 0 Å². The molecule has 0 radical (unpaired) electrons. The zero-order valence-corrected chi connectivity index (χ0v) is 13.1. The molecule has 0 aliphatic carbocycles. The number of ether oxygens (including phenoxy) is 2. The van der Waals surface area contributed by atoms with Crippen LogP contribution in [0, 0.1) is 6.92 Å². The molecule has 7 nitrogen and oxygen atoms in total. The molecule has 1 atom stereocenters. The monoisotopic (exact) mass is 306 g/mol. The highest BCUT2D eigenvalue weighted by molar-refractivity contribution is 5.81. The molecule has 3 rings (SSSR count). The molecule has 0 saturated carbocycles. The van der Waals surface area contributed by atoms with Crippen LogP contribution in [0.15, 0.2) is 6.07 Å². The number of aryl methyl sites for hydroxylation is 1. The molecule has 1 aromatic rings. The van der Waals surface area contributed by atoms with Crippen LogP contribution in [0.25, 0.3) is 0 Å². The summed E-state index contributed by atoms with van der Waals surface area (Å²) in [6.07, 6.45) is 1.60. The van der Waals surface area contributed by atoms with Crippen LogP contribution in [-0.2, 0) is 9.53 Å². The smallest absolute Gasteiger partial charge is 0.251 e. The van der Waals surface area contributed by atoms with Crippen LogP contribution < -0.4 is 9.64 Å². The van der Waals surface area contributed by atoms with E-state index in [1.54, 1.807) is 7.11 Å². The number of rotatable bonds is 3. The fraction of sp³-hybridized carbons (Fsp3) is 0.667. The Bertz CT molecular complexity index is 538. The fourth-order valence-electron chi connectivity index (χ4n) is 2.92. The Morgan fingerprint density at radius 3 is 2.73 bits per heavy atom. The minimum atomic E-state index is -0.229. The summed E-state index contributed by atoms with van der Waals surface area (Å²) < 4.78 is 10.7. The van der Waals surface area contributed by atoms with Gasteiger partial charge in [0.15, 0.2) is 0 Å². The van der Waals surface area contributed by atoms with Gasteiger partial charge in [-0.1, -0.05) is 0 Å². The number of hydrogen-bond donors (Lipinski definition) is 0. The van der Waals surface area contributed by atoms with Gasteiger partial charge in [-0.25, -0.2) is 4.98 Å². The standard InChI is InChI=1S/C15H22N4O3/c1-11-16-13(10-14(17-11)21-2)18-5-7-19(8-6-18)15(20)12-4-3-9-22-12/h10,12H,3-9H2,1-2H3. The Morgan fingerprint density at radius 1 is 1.32 bits per heavy atom. The molecular formula is C15H22N4O3. The number of methoxy groups -OCH3 is 1. The van der Waals surface area contributed by atoms with Crippen molar-refractivity contribution < 1.29 is 14.3 Å².